The molecule has 90 valence electrons. The number of hydrogen-bond acceptors (Lipinski definition) is 4. The van der Waals surface area contributed by atoms with Gasteiger partial charge in [0, 0.05) is 13.1 Å². The van der Waals surface area contributed by atoms with Crippen molar-refractivity contribution >= 4 is 18.1 Å². The van der Waals surface area contributed by atoms with Gasteiger partial charge in [-0.2, -0.15) is 5.10 Å². The molecule has 1 amide bonds. The van der Waals surface area contributed by atoms with Crippen molar-refractivity contribution in [2.75, 3.05) is 6.54 Å². The molecule has 2 aromatic heterocycles. The van der Waals surface area contributed by atoms with Crippen LogP contribution in [0.25, 0.3) is 0 Å². The quantitative estimate of drug-likeness (QED) is 0.803. The Morgan fingerprint density at radius 3 is 3.12 bits per heavy atom. The molecule has 0 aliphatic heterocycles. The van der Waals surface area contributed by atoms with Gasteiger partial charge in [-0.1, -0.05) is 0 Å². The molecule has 0 bridgehead atoms. The Balaban J connectivity index is 1.88. The molecule has 2 aromatic rings. The van der Waals surface area contributed by atoms with Crippen molar-refractivity contribution in [1.29, 1.82) is 0 Å². The Morgan fingerprint density at radius 1 is 1.71 bits per heavy atom. The summed E-state index contributed by atoms with van der Waals surface area (Å²) in [6.07, 6.45) is 1.46. The molecule has 0 aliphatic rings. The van der Waals surface area contributed by atoms with Crippen LogP contribution in [-0.2, 0) is 6.54 Å². The monoisotopic (exact) mass is 252 g/mol. The predicted molar refractivity (Wildman–Crippen MR) is 63.2 cm³/mol. The first-order valence-electron chi connectivity index (χ1n) is 5.12. The Morgan fingerprint density at radius 2 is 2.53 bits per heavy atom. The summed E-state index contributed by atoms with van der Waals surface area (Å²) in [5.41, 5.74) is 0. The summed E-state index contributed by atoms with van der Waals surface area (Å²) in [5.74, 6) is 0.863. The van der Waals surface area contributed by atoms with Gasteiger partial charge in [0.05, 0.1) is 6.26 Å². The average molecular weight is 252 g/mol. The van der Waals surface area contributed by atoms with Crippen molar-refractivity contribution in [2.24, 2.45) is 0 Å². The molecule has 0 saturated carbocycles. The Labute approximate surface area is 103 Å². The lowest BCUT2D eigenvalue weighted by atomic mass is 10.4. The second-order valence-electron chi connectivity index (χ2n) is 3.46. The summed E-state index contributed by atoms with van der Waals surface area (Å²) < 4.78 is 7.34. The largest absolute Gasteiger partial charge is 0.459 e. The molecule has 17 heavy (non-hydrogen) atoms. The second kappa shape index (κ2) is 4.96. The molecule has 2 rings (SSSR count). The molecule has 0 saturated heterocycles. The fraction of sp³-hybridized carbons (Fsp3) is 0.300. The number of carbonyl (C=O) groups excluding carboxylic acids is 1. The Kier molecular flexibility index (Phi) is 3.38. The first-order valence-corrected chi connectivity index (χ1v) is 5.53. The van der Waals surface area contributed by atoms with Gasteiger partial charge in [0.1, 0.15) is 5.82 Å². The van der Waals surface area contributed by atoms with Crippen molar-refractivity contribution in [3.63, 3.8) is 0 Å². The molecule has 0 aliphatic carbocycles. The van der Waals surface area contributed by atoms with E-state index in [1.165, 1.54) is 6.26 Å². The predicted octanol–water partition coefficient (Wildman–Crippen LogP) is 1.27. The van der Waals surface area contributed by atoms with Crippen molar-refractivity contribution in [1.82, 2.24) is 20.1 Å². The second-order valence-corrected chi connectivity index (χ2v) is 3.85. The van der Waals surface area contributed by atoms with Gasteiger partial charge >= 0.3 is 0 Å². The van der Waals surface area contributed by atoms with E-state index >= 15 is 0 Å². The standard InChI is InChI=1S/C10H12N4O2S/c1-7-12-13-10(17)14(7)5-4-11-9(15)8-3-2-6-16-8/h2-3,6H,4-5H2,1H3,(H,11,15)(H,13,17). The van der Waals surface area contributed by atoms with E-state index in [9.17, 15) is 4.79 Å². The number of amides is 1. The van der Waals surface area contributed by atoms with Crippen molar-refractivity contribution in [3.05, 3.63) is 34.8 Å². The zero-order chi connectivity index (χ0) is 12.3. The molecule has 0 atom stereocenters. The van der Waals surface area contributed by atoms with Gasteiger partial charge in [-0.25, -0.2) is 0 Å². The van der Waals surface area contributed by atoms with Crippen molar-refractivity contribution < 1.29 is 9.21 Å². The topological polar surface area (TPSA) is 75.8 Å². The highest BCUT2D eigenvalue weighted by atomic mass is 32.1. The van der Waals surface area contributed by atoms with Gasteiger partial charge in [-0.15, -0.1) is 0 Å². The van der Waals surface area contributed by atoms with E-state index < -0.39 is 0 Å². The van der Waals surface area contributed by atoms with Crippen LogP contribution in [0.2, 0.25) is 0 Å². The molecule has 0 unspecified atom stereocenters. The van der Waals surface area contributed by atoms with Crippen LogP contribution in [0.3, 0.4) is 0 Å². The van der Waals surface area contributed by atoms with Gasteiger partial charge in [0.25, 0.3) is 5.91 Å². The van der Waals surface area contributed by atoms with Crippen molar-refractivity contribution in [3.8, 4) is 0 Å². The maximum Gasteiger partial charge on any atom is 0.287 e. The lowest BCUT2D eigenvalue weighted by Crippen LogP contribution is -2.27. The third-order valence-electron chi connectivity index (χ3n) is 2.32. The smallest absolute Gasteiger partial charge is 0.287 e. The van der Waals surface area contributed by atoms with Crippen LogP contribution in [0.5, 0.6) is 0 Å². The third kappa shape index (κ3) is 2.62. The maximum absolute atomic E-state index is 11.5. The van der Waals surface area contributed by atoms with E-state index in [1.807, 2.05) is 11.5 Å². The average Bonchev–Trinajstić information content (AvgIpc) is 2.93. The van der Waals surface area contributed by atoms with Crippen LogP contribution in [0.15, 0.2) is 22.8 Å². The Bertz CT molecular complexity index is 555. The highest BCUT2D eigenvalue weighted by Crippen LogP contribution is 1.99. The van der Waals surface area contributed by atoms with Crippen LogP contribution in [-0.4, -0.2) is 27.2 Å². The number of furan rings is 1. The van der Waals surface area contributed by atoms with Crippen LogP contribution in [0.1, 0.15) is 16.4 Å². The molecule has 0 fully saturated rings. The Hall–Kier alpha value is -1.89. The number of aryl methyl sites for hydroxylation is 1. The minimum atomic E-state index is -0.234. The summed E-state index contributed by atoms with van der Waals surface area (Å²) in [6, 6.07) is 3.29. The number of aromatic amines is 1. The molecule has 0 spiro atoms. The molecule has 7 heteroatoms. The minimum absolute atomic E-state index is 0.234. The van der Waals surface area contributed by atoms with Gasteiger partial charge in [0.15, 0.2) is 10.5 Å². The molecule has 2 heterocycles. The van der Waals surface area contributed by atoms with Crippen LogP contribution in [0.4, 0.5) is 0 Å². The minimum Gasteiger partial charge on any atom is -0.459 e. The van der Waals surface area contributed by atoms with Crippen LogP contribution >= 0.6 is 12.2 Å². The fourth-order valence-corrected chi connectivity index (χ4v) is 1.70. The van der Waals surface area contributed by atoms with E-state index in [2.05, 4.69) is 15.5 Å². The van der Waals surface area contributed by atoms with E-state index in [0.29, 0.717) is 23.6 Å². The van der Waals surface area contributed by atoms with Gasteiger partial charge < -0.3 is 14.3 Å². The number of nitrogens with zero attached hydrogens (tertiary/aromatic N) is 2. The van der Waals surface area contributed by atoms with E-state index in [4.69, 9.17) is 16.6 Å². The number of hydrogen-bond donors (Lipinski definition) is 2. The van der Waals surface area contributed by atoms with E-state index in [-0.39, 0.29) is 5.91 Å². The number of aromatic nitrogens is 3. The summed E-state index contributed by atoms with van der Waals surface area (Å²) in [6.45, 7) is 2.89. The molecule has 6 nitrogen and oxygen atoms in total. The van der Waals surface area contributed by atoms with Crippen LogP contribution < -0.4 is 5.32 Å². The number of rotatable bonds is 4. The zero-order valence-corrected chi connectivity index (χ0v) is 10.1. The van der Waals surface area contributed by atoms with Gasteiger partial charge in [0.2, 0.25) is 0 Å². The van der Waals surface area contributed by atoms with E-state index in [0.717, 1.165) is 5.82 Å². The highest BCUT2D eigenvalue weighted by Gasteiger charge is 2.07. The number of H-pyrrole nitrogens is 1. The maximum atomic E-state index is 11.5. The molecular formula is C10H12N4O2S. The van der Waals surface area contributed by atoms with Gasteiger partial charge in [-0.3, -0.25) is 9.89 Å². The first kappa shape index (κ1) is 11.6. The lowest BCUT2D eigenvalue weighted by Gasteiger charge is -2.05. The van der Waals surface area contributed by atoms with E-state index in [1.54, 1.807) is 12.1 Å². The normalized spacial score (nSPS) is 10.4. The summed E-state index contributed by atoms with van der Waals surface area (Å²) in [4.78, 5) is 11.5. The molecule has 0 aromatic carbocycles. The molecule has 0 radical (unpaired) electrons. The zero-order valence-electron chi connectivity index (χ0n) is 9.27. The SMILES string of the molecule is Cc1n[nH]c(=S)n1CCNC(=O)c1ccco1. The number of carbonyl (C=O) groups is 1. The molecular weight excluding hydrogens is 240 g/mol. The van der Waals surface area contributed by atoms with Crippen LogP contribution in [0, 0.1) is 11.7 Å². The summed E-state index contributed by atoms with van der Waals surface area (Å²) in [5, 5.41) is 9.40. The number of nitrogens with one attached hydrogen (secondary N) is 2. The van der Waals surface area contributed by atoms with Crippen molar-refractivity contribution in [2.45, 2.75) is 13.5 Å². The first-order chi connectivity index (χ1) is 8.18. The fourth-order valence-electron chi connectivity index (χ4n) is 1.44. The van der Waals surface area contributed by atoms with Gasteiger partial charge in [-0.05, 0) is 31.3 Å². The summed E-state index contributed by atoms with van der Waals surface area (Å²) >= 11 is 5.05. The highest BCUT2D eigenvalue weighted by molar-refractivity contribution is 7.71. The third-order valence-corrected chi connectivity index (χ3v) is 2.63. The summed E-state index contributed by atoms with van der Waals surface area (Å²) in [7, 11) is 0. The molecule has 2 N–H and O–H groups in total. The lowest BCUT2D eigenvalue weighted by molar-refractivity contribution is 0.0924.